The van der Waals surface area contributed by atoms with Crippen LogP contribution in [0.25, 0.3) is 17.0 Å². The molecule has 2 heterocycles. The number of hydrogen-bond acceptors (Lipinski definition) is 2. The summed E-state index contributed by atoms with van der Waals surface area (Å²) in [6.45, 7) is 3.63. The largest absolute Gasteiger partial charge is 0.431 e. The van der Waals surface area contributed by atoms with Gasteiger partial charge in [-0.1, -0.05) is 18.7 Å². The Balaban J connectivity index is 2.18. The molecule has 0 saturated carbocycles. The molecule has 134 valence electrons. The van der Waals surface area contributed by atoms with E-state index in [0.717, 1.165) is 16.2 Å². The molecular weight excluding hydrogens is 343 g/mol. The number of nitrogens with zero attached hydrogens (tertiary/aromatic N) is 2. The quantitative estimate of drug-likeness (QED) is 0.767. The third-order valence-corrected chi connectivity index (χ3v) is 4.29. The van der Waals surface area contributed by atoms with Crippen LogP contribution in [0.15, 0.2) is 43.1 Å². The fraction of sp³-hybridized carbons (Fsp3) is 0.158. The van der Waals surface area contributed by atoms with Gasteiger partial charge in [-0.15, -0.1) is 0 Å². The molecule has 4 nitrogen and oxygen atoms in total. The number of carbonyl (C=O) groups is 1. The van der Waals surface area contributed by atoms with Crippen LogP contribution in [0.5, 0.6) is 0 Å². The summed E-state index contributed by atoms with van der Waals surface area (Å²) in [5.74, 6) is -0.770. The Kier molecular flexibility index (Phi) is 4.31. The average molecular weight is 359 g/mol. The smallest absolute Gasteiger partial charge is 0.366 e. The van der Waals surface area contributed by atoms with Crippen LogP contribution in [0.2, 0.25) is 0 Å². The van der Waals surface area contributed by atoms with Crippen molar-refractivity contribution in [2.24, 2.45) is 12.8 Å². The molecule has 3 aromatic rings. The number of benzene rings is 1. The van der Waals surface area contributed by atoms with Gasteiger partial charge < -0.3 is 10.3 Å². The zero-order chi connectivity index (χ0) is 19.1. The molecule has 0 saturated heterocycles. The van der Waals surface area contributed by atoms with Gasteiger partial charge in [0.05, 0.1) is 16.8 Å². The Labute approximate surface area is 147 Å². The first-order chi connectivity index (χ1) is 12.2. The van der Waals surface area contributed by atoms with E-state index in [1.165, 1.54) is 13.1 Å². The second kappa shape index (κ2) is 6.33. The minimum Gasteiger partial charge on any atom is -0.366 e. The number of alkyl halides is 3. The van der Waals surface area contributed by atoms with E-state index in [-0.39, 0.29) is 11.1 Å². The third-order valence-electron chi connectivity index (χ3n) is 4.29. The number of hydrogen-bond donors (Lipinski definition) is 1. The van der Waals surface area contributed by atoms with Crippen LogP contribution in [-0.2, 0) is 19.6 Å². The lowest BCUT2D eigenvalue weighted by Crippen LogP contribution is -2.15. The van der Waals surface area contributed by atoms with Crippen molar-refractivity contribution in [3.05, 3.63) is 71.2 Å². The maximum absolute atomic E-state index is 13.3. The van der Waals surface area contributed by atoms with E-state index in [1.807, 2.05) is 6.07 Å². The topological polar surface area (TPSA) is 60.9 Å². The highest BCUT2D eigenvalue weighted by molar-refractivity contribution is 6.06. The summed E-state index contributed by atoms with van der Waals surface area (Å²) in [5, 5.41) is 0.351. The Hall–Kier alpha value is -3.09. The van der Waals surface area contributed by atoms with E-state index in [4.69, 9.17) is 5.73 Å². The van der Waals surface area contributed by atoms with Crippen LogP contribution in [-0.4, -0.2) is 15.5 Å². The summed E-state index contributed by atoms with van der Waals surface area (Å²) in [6, 6.07) is 7.77. The Morgan fingerprint density at radius 2 is 2.04 bits per heavy atom. The molecule has 7 heteroatoms. The van der Waals surface area contributed by atoms with Gasteiger partial charge in [0.2, 0.25) is 0 Å². The summed E-state index contributed by atoms with van der Waals surface area (Å²) >= 11 is 0. The zero-order valence-electron chi connectivity index (χ0n) is 14.0. The number of nitrogens with two attached hydrogens (primary N) is 1. The first kappa shape index (κ1) is 17.7. The van der Waals surface area contributed by atoms with E-state index in [1.54, 1.807) is 24.4 Å². The standard InChI is InChI=1S/C19H16F3N3O/c1-3-13-6-4-11(10-24-13)8-12-5-7-14(18(23)26)17-15(12)9-16(25(17)2)19(20,21)22/h3-7,9-10H,1,8H2,2H3,(H2,23,26). The third kappa shape index (κ3) is 3.08. The van der Waals surface area contributed by atoms with Gasteiger partial charge >= 0.3 is 6.18 Å². The Morgan fingerprint density at radius 1 is 1.31 bits per heavy atom. The first-order valence-corrected chi connectivity index (χ1v) is 7.78. The molecular formula is C19H16F3N3O. The van der Waals surface area contributed by atoms with Gasteiger partial charge in [0.1, 0.15) is 5.69 Å². The Bertz CT molecular complexity index is 1000. The highest BCUT2D eigenvalue weighted by Gasteiger charge is 2.35. The molecule has 2 N–H and O–H groups in total. The van der Waals surface area contributed by atoms with Crippen molar-refractivity contribution in [1.82, 2.24) is 9.55 Å². The zero-order valence-corrected chi connectivity index (χ0v) is 14.0. The van der Waals surface area contributed by atoms with Crippen molar-refractivity contribution in [2.75, 3.05) is 0 Å². The van der Waals surface area contributed by atoms with Crippen LogP contribution in [0, 0.1) is 0 Å². The number of aromatic nitrogens is 2. The number of halogens is 3. The predicted octanol–water partition coefficient (Wildman–Crippen LogP) is 3.92. The second-order valence-electron chi connectivity index (χ2n) is 5.96. The first-order valence-electron chi connectivity index (χ1n) is 7.78. The maximum Gasteiger partial charge on any atom is 0.431 e. The molecule has 1 amide bonds. The van der Waals surface area contributed by atoms with Gasteiger partial charge in [0.15, 0.2) is 0 Å². The lowest BCUT2D eigenvalue weighted by molar-refractivity contribution is -0.142. The normalized spacial score (nSPS) is 11.7. The van der Waals surface area contributed by atoms with E-state index in [0.29, 0.717) is 23.1 Å². The molecule has 0 spiro atoms. The molecule has 26 heavy (non-hydrogen) atoms. The van der Waals surface area contributed by atoms with E-state index in [2.05, 4.69) is 11.6 Å². The minimum absolute atomic E-state index is 0.0573. The molecule has 0 fully saturated rings. The van der Waals surface area contributed by atoms with Crippen molar-refractivity contribution in [2.45, 2.75) is 12.6 Å². The lowest BCUT2D eigenvalue weighted by atomic mass is 9.99. The van der Waals surface area contributed by atoms with Crippen molar-refractivity contribution in [3.63, 3.8) is 0 Å². The van der Waals surface area contributed by atoms with E-state index in [9.17, 15) is 18.0 Å². The molecule has 2 aromatic heterocycles. The molecule has 0 unspecified atom stereocenters. The van der Waals surface area contributed by atoms with Crippen LogP contribution in [0.4, 0.5) is 13.2 Å². The molecule has 0 aliphatic carbocycles. The highest BCUT2D eigenvalue weighted by Crippen LogP contribution is 2.36. The van der Waals surface area contributed by atoms with Crippen molar-refractivity contribution < 1.29 is 18.0 Å². The lowest BCUT2D eigenvalue weighted by Gasteiger charge is -2.10. The fourth-order valence-electron chi connectivity index (χ4n) is 3.03. The van der Waals surface area contributed by atoms with Crippen LogP contribution < -0.4 is 5.73 Å². The molecule has 0 radical (unpaired) electrons. The molecule has 0 bridgehead atoms. The van der Waals surface area contributed by atoms with Crippen molar-refractivity contribution in [3.8, 4) is 0 Å². The fourth-order valence-corrected chi connectivity index (χ4v) is 3.03. The SMILES string of the molecule is C=Cc1ccc(Cc2ccc(C(N)=O)c3c2cc(C(F)(F)F)n3C)cn1. The van der Waals surface area contributed by atoms with Crippen LogP contribution in [0.1, 0.15) is 32.9 Å². The van der Waals surface area contributed by atoms with Crippen LogP contribution in [0.3, 0.4) is 0 Å². The minimum atomic E-state index is -4.53. The maximum atomic E-state index is 13.3. The summed E-state index contributed by atoms with van der Waals surface area (Å²) in [4.78, 5) is 15.9. The van der Waals surface area contributed by atoms with Gasteiger partial charge in [-0.3, -0.25) is 9.78 Å². The number of pyridine rings is 1. The number of primary amides is 1. The van der Waals surface area contributed by atoms with E-state index >= 15 is 0 Å². The van der Waals surface area contributed by atoms with Gasteiger partial charge in [-0.25, -0.2) is 0 Å². The number of aryl methyl sites for hydroxylation is 1. The molecule has 0 aliphatic heterocycles. The van der Waals surface area contributed by atoms with Gasteiger partial charge in [0, 0.05) is 18.6 Å². The number of rotatable bonds is 4. The van der Waals surface area contributed by atoms with Crippen molar-refractivity contribution in [1.29, 1.82) is 0 Å². The predicted molar refractivity (Wildman–Crippen MR) is 93.6 cm³/mol. The summed E-state index contributed by atoms with van der Waals surface area (Å²) in [5.41, 5.74) is 6.96. The molecule has 0 aliphatic rings. The summed E-state index contributed by atoms with van der Waals surface area (Å²) < 4.78 is 40.9. The molecule has 0 atom stereocenters. The van der Waals surface area contributed by atoms with Crippen LogP contribution >= 0.6 is 0 Å². The highest BCUT2D eigenvalue weighted by atomic mass is 19.4. The number of amides is 1. The summed E-state index contributed by atoms with van der Waals surface area (Å²) in [6.07, 6.45) is -0.900. The van der Waals surface area contributed by atoms with Gasteiger partial charge in [0.25, 0.3) is 5.91 Å². The molecule has 1 aromatic carbocycles. The molecule has 3 rings (SSSR count). The number of carbonyl (C=O) groups excluding carboxylic acids is 1. The number of fused-ring (bicyclic) bond motifs is 1. The van der Waals surface area contributed by atoms with Gasteiger partial charge in [-0.2, -0.15) is 13.2 Å². The average Bonchev–Trinajstić information content (AvgIpc) is 2.94. The Morgan fingerprint density at radius 3 is 2.58 bits per heavy atom. The second-order valence-corrected chi connectivity index (χ2v) is 5.96. The van der Waals surface area contributed by atoms with Gasteiger partial charge in [-0.05, 0) is 41.8 Å². The monoisotopic (exact) mass is 359 g/mol. The van der Waals surface area contributed by atoms with E-state index < -0.39 is 17.8 Å². The summed E-state index contributed by atoms with van der Waals surface area (Å²) in [7, 11) is 1.28. The van der Waals surface area contributed by atoms with Crippen molar-refractivity contribution >= 4 is 22.9 Å².